The third-order valence-electron chi connectivity index (χ3n) is 4.77. The van der Waals surface area contributed by atoms with Gasteiger partial charge in [0.2, 0.25) is 5.91 Å². The lowest BCUT2D eigenvalue weighted by Crippen LogP contribution is -2.49. The van der Waals surface area contributed by atoms with Crippen molar-refractivity contribution in [2.24, 2.45) is 0 Å². The van der Waals surface area contributed by atoms with E-state index in [1.54, 1.807) is 25.1 Å². The number of nitrogens with zero attached hydrogens (tertiary/aromatic N) is 1. The minimum absolute atomic E-state index is 0.104. The van der Waals surface area contributed by atoms with Crippen molar-refractivity contribution in [1.82, 2.24) is 5.32 Å². The molecule has 0 spiro atoms. The molecular weight excluding hydrogens is 420 g/mol. The molecule has 0 fully saturated rings. The number of nitrogens with one attached hydrogen (secondary N) is 1. The van der Waals surface area contributed by atoms with E-state index in [1.165, 1.54) is 4.90 Å². The zero-order chi connectivity index (χ0) is 22.4. The third kappa shape index (κ3) is 5.61. The number of hydrogen-bond acceptors (Lipinski definition) is 5. The maximum absolute atomic E-state index is 12.6. The van der Waals surface area contributed by atoms with Gasteiger partial charge >= 0.3 is 0 Å². The Bertz CT molecular complexity index is 950. The molecule has 0 aromatic heterocycles. The van der Waals surface area contributed by atoms with E-state index in [-0.39, 0.29) is 18.4 Å². The molecule has 0 saturated carbocycles. The minimum Gasteiger partial charge on any atom is -0.490 e. The molecule has 1 N–H and O–H groups in total. The van der Waals surface area contributed by atoms with Crippen LogP contribution in [0.5, 0.6) is 17.2 Å². The zero-order valence-electron chi connectivity index (χ0n) is 17.9. The van der Waals surface area contributed by atoms with Crippen LogP contribution in [-0.2, 0) is 16.0 Å². The van der Waals surface area contributed by atoms with Crippen LogP contribution in [0, 0.1) is 0 Å². The highest BCUT2D eigenvalue weighted by Gasteiger charge is 2.32. The quantitative estimate of drug-likeness (QED) is 0.636. The molecule has 2 aromatic carbocycles. The van der Waals surface area contributed by atoms with Gasteiger partial charge in [0.05, 0.1) is 18.9 Å². The summed E-state index contributed by atoms with van der Waals surface area (Å²) in [5.74, 6) is 1.38. The molecule has 0 saturated heterocycles. The van der Waals surface area contributed by atoms with E-state index < -0.39 is 6.10 Å². The smallest absolute Gasteiger partial charge is 0.268 e. The van der Waals surface area contributed by atoms with Crippen LogP contribution in [0.2, 0.25) is 5.02 Å². The number of fused-ring (bicyclic) bond motifs is 1. The molecular formula is C23H27ClN2O5. The van der Waals surface area contributed by atoms with Crippen molar-refractivity contribution in [3.63, 3.8) is 0 Å². The van der Waals surface area contributed by atoms with Crippen molar-refractivity contribution >= 4 is 29.1 Å². The van der Waals surface area contributed by atoms with Crippen molar-refractivity contribution in [2.45, 2.75) is 33.3 Å². The highest BCUT2D eigenvalue weighted by atomic mass is 35.5. The lowest BCUT2D eigenvalue weighted by molar-refractivity contribution is -0.128. The molecule has 7 nitrogen and oxygen atoms in total. The van der Waals surface area contributed by atoms with Gasteiger partial charge in [-0.25, -0.2) is 0 Å². The van der Waals surface area contributed by atoms with Gasteiger partial charge in [0.1, 0.15) is 12.3 Å². The van der Waals surface area contributed by atoms with Crippen molar-refractivity contribution in [3.8, 4) is 17.2 Å². The molecule has 1 aliphatic rings. The summed E-state index contributed by atoms with van der Waals surface area (Å²) in [7, 11) is 0. The number of halogens is 1. The number of ether oxygens (including phenoxy) is 3. The van der Waals surface area contributed by atoms with E-state index in [0.717, 1.165) is 5.56 Å². The molecule has 1 heterocycles. The lowest BCUT2D eigenvalue weighted by atomic mass is 10.1. The fourth-order valence-corrected chi connectivity index (χ4v) is 3.51. The first kappa shape index (κ1) is 22.7. The summed E-state index contributed by atoms with van der Waals surface area (Å²) in [6.45, 7) is 6.92. The summed E-state index contributed by atoms with van der Waals surface area (Å²) in [5, 5.41) is 3.34. The molecule has 1 aliphatic heterocycles. The average molecular weight is 447 g/mol. The standard InChI is InChI=1S/C23H27ClN2O5/c1-4-29-20-8-6-16(12-21(20)30-5-2)10-11-25-22(27)14-26-18-13-17(24)7-9-19(18)31-15(3)23(26)28/h6-9,12-13,15H,4-5,10-11,14H2,1-3H3,(H,25,27). The summed E-state index contributed by atoms with van der Waals surface area (Å²) in [5.41, 5.74) is 1.51. The van der Waals surface area contributed by atoms with E-state index in [9.17, 15) is 9.59 Å². The normalized spacial score (nSPS) is 15.2. The van der Waals surface area contributed by atoms with Gasteiger partial charge in [-0.15, -0.1) is 0 Å². The first-order valence-corrected chi connectivity index (χ1v) is 10.7. The van der Waals surface area contributed by atoms with Crippen molar-refractivity contribution in [1.29, 1.82) is 0 Å². The van der Waals surface area contributed by atoms with E-state index in [2.05, 4.69) is 5.32 Å². The van der Waals surface area contributed by atoms with Gasteiger partial charge in [-0.1, -0.05) is 17.7 Å². The van der Waals surface area contributed by atoms with Crippen LogP contribution < -0.4 is 24.4 Å². The van der Waals surface area contributed by atoms with Gasteiger partial charge in [0.15, 0.2) is 17.6 Å². The van der Waals surface area contributed by atoms with Crippen molar-refractivity contribution < 1.29 is 23.8 Å². The van der Waals surface area contributed by atoms with Crippen LogP contribution in [0.25, 0.3) is 0 Å². The number of carbonyl (C=O) groups is 2. The van der Waals surface area contributed by atoms with Crippen LogP contribution in [0.15, 0.2) is 36.4 Å². The van der Waals surface area contributed by atoms with Gasteiger partial charge in [-0.2, -0.15) is 0 Å². The molecule has 1 atom stereocenters. The number of carbonyl (C=O) groups excluding carboxylic acids is 2. The monoisotopic (exact) mass is 446 g/mol. The molecule has 3 rings (SSSR count). The Balaban J connectivity index is 1.60. The number of benzene rings is 2. The van der Waals surface area contributed by atoms with E-state index in [0.29, 0.717) is 54.1 Å². The number of amides is 2. The Hall–Kier alpha value is -2.93. The summed E-state index contributed by atoms with van der Waals surface area (Å²) < 4.78 is 16.8. The van der Waals surface area contributed by atoms with E-state index in [4.69, 9.17) is 25.8 Å². The molecule has 0 aliphatic carbocycles. The van der Waals surface area contributed by atoms with Crippen molar-refractivity contribution in [3.05, 3.63) is 47.0 Å². The summed E-state index contributed by atoms with van der Waals surface area (Å²) >= 11 is 6.07. The second-order valence-electron chi connectivity index (χ2n) is 7.04. The summed E-state index contributed by atoms with van der Waals surface area (Å²) in [4.78, 5) is 26.5. The Morgan fingerprint density at radius 2 is 1.87 bits per heavy atom. The second kappa shape index (κ2) is 10.4. The van der Waals surface area contributed by atoms with Crippen molar-refractivity contribution in [2.75, 3.05) is 31.2 Å². The number of anilines is 1. The molecule has 1 unspecified atom stereocenters. The largest absolute Gasteiger partial charge is 0.490 e. The average Bonchev–Trinajstić information content (AvgIpc) is 2.74. The van der Waals surface area contributed by atoms with E-state index in [1.807, 2.05) is 32.0 Å². The Labute approximate surface area is 187 Å². The van der Waals surface area contributed by atoms with Crippen LogP contribution in [0.1, 0.15) is 26.3 Å². The van der Waals surface area contributed by atoms with Gasteiger partial charge < -0.3 is 19.5 Å². The molecule has 8 heteroatoms. The maximum Gasteiger partial charge on any atom is 0.268 e. The Kier molecular flexibility index (Phi) is 7.63. The number of hydrogen-bond donors (Lipinski definition) is 1. The number of rotatable bonds is 9. The Morgan fingerprint density at radius 1 is 1.13 bits per heavy atom. The molecule has 0 bridgehead atoms. The molecule has 2 amide bonds. The molecule has 166 valence electrons. The minimum atomic E-state index is -0.665. The fourth-order valence-electron chi connectivity index (χ4n) is 3.34. The maximum atomic E-state index is 12.6. The summed E-state index contributed by atoms with van der Waals surface area (Å²) in [6, 6.07) is 10.8. The predicted molar refractivity (Wildman–Crippen MR) is 119 cm³/mol. The highest BCUT2D eigenvalue weighted by molar-refractivity contribution is 6.31. The van der Waals surface area contributed by atoms with Crippen LogP contribution in [0.3, 0.4) is 0 Å². The second-order valence-corrected chi connectivity index (χ2v) is 7.48. The molecule has 31 heavy (non-hydrogen) atoms. The molecule has 0 radical (unpaired) electrons. The molecule has 2 aromatic rings. The van der Waals surface area contributed by atoms with E-state index >= 15 is 0 Å². The highest BCUT2D eigenvalue weighted by Crippen LogP contribution is 2.36. The lowest BCUT2D eigenvalue weighted by Gasteiger charge is -2.32. The zero-order valence-corrected chi connectivity index (χ0v) is 18.7. The van der Waals surface area contributed by atoms with Crippen LogP contribution in [-0.4, -0.2) is 44.2 Å². The van der Waals surface area contributed by atoms with Gasteiger partial charge in [-0.3, -0.25) is 14.5 Å². The fraction of sp³-hybridized carbons (Fsp3) is 0.391. The third-order valence-corrected chi connectivity index (χ3v) is 5.01. The topological polar surface area (TPSA) is 77.1 Å². The van der Waals surface area contributed by atoms with Gasteiger partial charge in [0, 0.05) is 11.6 Å². The Morgan fingerprint density at radius 3 is 2.61 bits per heavy atom. The van der Waals surface area contributed by atoms with Crippen LogP contribution in [0.4, 0.5) is 5.69 Å². The van der Waals surface area contributed by atoms with Gasteiger partial charge in [0.25, 0.3) is 5.91 Å². The SMILES string of the molecule is CCOc1ccc(CCNC(=O)CN2C(=O)C(C)Oc3ccc(Cl)cc32)cc1OCC. The van der Waals surface area contributed by atoms with Gasteiger partial charge in [-0.05, 0) is 63.1 Å². The summed E-state index contributed by atoms with van der Waals surface area (Å²) in [6.07, 6.45) is -0.0454. The predicted octanol–water partition coefficient (Wildman–Crippen LogP) is 3.61. The first-order valence-electron chi connectivity index (χ1n) is 10.4. The first-order chi connectivity index (χ1) is 14.9. The van der Waals surface area contributed by atoms with Crippen LogP contribution >= 0.6 is 11.6 Å².